The first kappa shape index (κ1) is 28.7. The van der Waals surface area contributed by atoms with Crippen LogP contribution in [-0.2, 0) is 20.9 Å². The van der Waals surface area contributed by atoms with Crippen LogP contribution >= 0.6 is 11.8 Å². The van der Waals surface area contributed by atoms with Crippen molar-refractivity contribution in [1.82, 2.24) is 20.1 Å². The molecule has 0 saturated carbocycles. The Labute approximate surface area is 241 Å². The number of carbonyl (C=O) groups is 4. The molecule has 2 aliphatic rings. The van der Waals surface area contributed by atoms with Crippen LogP contribution in [-0.4, -0.2) is 60.5 Å². The Balaban J connectivity index is 1.46. The fourth-order valence-electron chi connectivity index (χ4n) is 5.29. The van der Waals surface area contributed by atoms with Crippen LogP contribution in [0.5, 0.6) is 0 Å². The van der Waals surface area contributed by atoms with Crippen LogP contribution in [0.25, 0.3) is 10.9 Å². The summed E-state index contributed by atoms with van der Waals surface area (Å²) in [5.74, 6) is -6.14. The average Bonchev–Trinajstić information content (AvgIpc) is 3.21. The van der Waals surface area contributed by atoms with E-state index < -0.39 is 81.1 Å². The summed E-state index contributed by atoms with van der Waals surface area (Å²) in [5, 5.41) is 23.0. The van der Waals surface area contributed by atoms with Crippen LogP contribution in [0.4, 0.5) is 8.78 Å². The fraction of sp³-hybridized carbons (Fsp3) is 0.286. The normalized spacial score (nSPS) is 21.2. The van der Waals surface area contributed by atoms with Gasteiger partial charge >= 0.3 is 5.97 Å². The number of hydrogen-bond acceptors (Lipinski definition) is 7. The summed E-state index contributed by atoms with van der Waals surface area (Å²) in [7, 11) is 0. The minimum absolute atomic E-state index is 0.0981. The van der Waals surface area contributed by atoms with Crippen molar-refractivity contribution in [2.45, 2.75) is 48.6 Å². The molecule has 3 N–H and O–H groups in total. The van der Waals surface area contributed by atoms with E-state index in [1.807, 2.05) is 6.07 Å². The Bertz CT molecular complexity index is 1760. The third kappa shape index (κ3) is 4.75. The number of carbonyl (C=O) groups excluding carboxylic acids is 3. The number of nitriles is 1. The second-order valence-electron chi connectivity index (χ2n) is 10.3. The summed E-state index contributed by atoms with van der Waals surface area (Å²) in [6, 6.07) is 7.65. The number of β-lactam (4-membered cyclic amide) rings is 1. The smallest absolute Gasteiger partial charge is 0.327 e. The highest BCUT2D eigenvalue weighted by molar-refractivity contribution is 8.01. The van der Waals surface area contributed by atoms with Crippen molar-refractivity contribution in [3.63, 3.8) is 0 Å². The molecule has 11 nitrogen and oxygen atoms in total. The van der Waals surface area contributed by atoms with E-state index in [0.717, 1.165) is 16.8 Å². The lowest BCUT2D eigenvalue weighted by Crippen LogP contribution is -2.71. The number of aliphatic carboxylic acids is 1. The monoisotopic (exact) mass is 595 g/mol. The van der Waals surface area contributed by atoms with E-state index in [1.54, 1.807) is 44.2 Å². The van der Waals surface area contributed by atoms with Crippen molar-refractivity contribution < 1.29 is 33.1 Å². The number of hydrogen-bond donors (Lipinski definition) is 3. The number of fused-ring (bicyclic) bond motifs is 2. The van der Waals surface area contributed by atoms with Crippen molar-refractivity contribution in [3.05, 3.63) is 81.6 Å². The highest BCUT2D eigenvalue weighted by atomic mass is 32.2. The van der Waals surface area contributed by atoms with E-state index in [-0.39, 0.29) is 10.9 Å². The van der Waals surface area contributed by atoms with Gasteiger partial charge in [0.25, 0.3) is 5.91 Å². The molecule has 2 fully saturated rings. The zero-order chi connectivity index (χ0) is 30.5. The van der Waals surface area contributed by atoms with E-state index in [2.05, 4.69) is 10.6 Å². The zero-order valence-electron chi connectivity index (χ0n) is 22.1. The Morgan fingerprint density at radius 3 is 2.45 bits per heavy atom. The molecule has 4 atom stereocenters. The van der Waals surface area contributed by atoms with E-state index in [0.29, 0.717) is 11.6 Å². The number of carboxylic acids is 1. The average molecular weight is 596 g/mol. The van der Waals surface area contributed by atoms with Gasteiger partial charge in [-0.2, -0.15) is 5.26 Å². The molecule has 14 heteroatoms. The van der Waals surface area contributed by atoms with Crippen LogP contribution in [0, 0.1) is 23.0 Å². The Morgan fingerprint density at radius 1 is 1.14 bits per heavy atom. The first-order valence-electron chi connectivity index (χ1n) is 12.6. The van der Waals surface area contributed by atoms with Crippen LogP contribution in [0.3, 0.4) is 0 Å². The van der Waals surface area contributed by atoms with E-state index in [4.69, 9.17) is 0 Å². The number of carboxylic acid groups (broad SMARTS) is 1. The molecule has 42 heavy (non-hydrogen) atoms. The van der Waals surface area contributed by atoms with Crippen molar-refractivity contribution >= 4 is 46.4 Å². The van der Waals surface area contributed by atoms with E-state index in [9.17, 15) is 43.1 Å². The minimum Gasteiger partial charge on any atom is -0.480 e. The Kier molecular flexibility index (Phi) is 7.23. The van der Waals surface area contributed by atoms with Gasteiger partial charge in [0.15, 0.2) is 11.6 Å². The van der Waals surface area contributed by atoms with Crippen molar-refractivity contribution in [2.75, 3.05) is 0 Å². The second kappa shape index (κ2) is 10.6. The third-order valence-electron chi connectivity index (χ3n) is 7.25. The molecule has 3 heterocycles. The molecule has 0 aliphatic carbocycles. The van der Waals surface area contributed by atoms with E-state index >= 15 is 0 Å². The van der Waals surface area contributed by atoms with Crippen molar-refractivity contribution in [2.24, 2.45) is 0 Å². The number of amides is 3. The third-order valence-corrected chi connectivity index (χ3v) is 8.82. The van der Waals surface area contributed by atoms with Gasteiger partial charge in [-0.3, -0.25) is 19.2 Å². The summed E-state index contributed by atoms with van der Waals surface area (Å²) in [5.41, 5.74) is -1.27. The van der Waals surface area contributed by atoms with Gasteiger partial charge in [0.2, 0.25) is 17.2 Å². The first-order chi connectivity index (χ1) is 19.9. The maximum absolute atomic E-state index is 14.0. The number of pyridine rings is 1. The van der Waals surface area contributed by atoms with Crippen molar-refractivity contribution in [3.8, 4) is 6.07 Å². The van der Waals surface area contributed by atoms with Crippen molar-refractivity contribution in [1.29, 1.82) is 5.26 Å². The molecule has 216 valence electrons. The van der Waals surface area contributed by atoms with Crippen LogP contribution in [0.15, 0.2) is 53.5 Å². The summed E-state index contributed by atoms with van der Waals surface area (Å²) in [6.07, 6.45) is 1.02. The number of halogens is 2. The van der Waals surface area contributed by atoms with Gasteiger partial charge in [-0.1, -0.05) is 30.3 Å². The summed E-state index contributed by atoms with van der Waals surface area (Å²) in [4.78, 5) is 66.1. The molecule has 2 unspecified atom stereocenters. The lowest BCUT2D eigenvalue weighted by Gasteiger charge is -2.44. The maximum atomic E-state index is 14.0. The van der Waals surface area contributed by atoms with Gasteiger partial charge in [-0.25, -0.2) is 13.6 Å². The van der Waals surface area contributed by atoms with E-state index in [1.165, 1.54) is 16.7 Å². The Hall–Kier alpha value is -4.77. The highest BCUT2D eigenvalue weighted by Gasteiger charge is 2.64. The predicted molar refractivity (Wildman–Crippen MR) is 146 cm³/mol. The zero-order valence-corrected chi connectivity index (χ0v) is 22.9. The molecular weight excluding hydrogens is 572 g/mol. The number of thioether (sulfide) groups is 1. The van der Waals surface area contributed by atoms with Gasteiger partial charge in [0.05, 0.1) is 11.6 Å². The standard InChI is InChI=1S/C28H23F2N5O6S/c1-28(2)22(27(40)41)35-25(39)20(26(35)42-28)33-24(38)19(13-6-4-3-5-7-13)32-23(37)15-12-34(9-8-31)18-11-17(30)16(29)10-14(18)21(15)36/h3-7,10-12,19-20,22,26H,9H2,1-2H3,(H,32,37)(H,33,38)(H,40,41)/t19?,20?,22-,26+/m0/s1. The quantitative estimate of drug-likeness (QED) is 0.349. The molecule has 0 radical (unpaired) electrons. The minimum atomic E-state index is -1.40. The number of nitrogens with one attached hydrogen (secondary N) is 2. The molecule has 3 aromatic rings. The molecule has 0 bridgehead atoms. The largest absolute Gasteiger partial charge is 0.480 e. The topological polar surface area (TPSA) is 162 Å². The van der Waals surface area contributed by atoms with Gasteiger partial charge in [0, 0.05) is 22.4 Å². The molecule has 2 aliphatic heterocycles. The number of benzene rings is 2. The highest BCUT2D eigenvalue weighted by Crippen LogP contribution is 2.50. The molecule has 0 spiro atoms. The lowest BCUT2D eigenvalue weighted by molar-refractivity contribution is -0.161. The molecule has 2 saturated heterocycles. The lowest BCUT2D eigenvalue weighted by atomic mass is 9.95. The molecule has 1 aromatic heterocycles. The van der Waals surface area contributed by atoms with Crippen LogP contribution in [0.1, 0.15) is 35.8 Å². The fourth-order valence-corrected chi connectivity index (χ4v) is 6.92. The molecule has 5 rings (SSSR count). The van der Waals surface area contributed by atoms with Gasteiger partial charge in [-0.15, -0.1) is 11.8 Å². The summed E-state index contributed by atoms with van der Waals surface area (Å²) >= 11 is 1.23. The maximum Gasteiger partial charge on any atom is 0.327 e. The number of rotatable bonds is 7. The van der Waals surface area contributed by atoms with Crippen LogP contribution < -0.4 is 16.1 Å². The molecule has 2 aromatic carbocycles. The van der Waals surface area contributed by atoms with Gasteiger partial charge in [-0.05, 0) is 25.5 Å². The predicted octanol–water partition coefficient (Wildman–Crippen LogP) is 1.91. The Morgan fingerprint density at radius 2 is 1.81 bits per heavy atom. The number of aromatic nitrogens is 1. The first-order valence-corrected chi connectivity index (χ1v) is 13.5. The summed E-state index contributed by atoms with van der Waals surface area (Å²) < 4.78 is 28.2. The van der Waals surface area contributed by atoms with Gasteiger partial charge in [0.1, 0.15) is 35.6 Å². The molecule has 3 amide bonds. The van der Waals surface area contributed by atoms with Gasteiger partial charge < -0.3 is 25.2 Å². The summed E-state index contributed by atoms with van der Waals surface area (Å²) in [6.45, 7) is 2.99. The number of nitrogens with zero attached hydrogens (tertiary/aromatic N) is 3. The second-order valence-corrected chi connectivity index (χ2v) is 12.1. The molecular formula is C28H23F2N5O6S. The van der Waals surface area contributed by atoms with Crippen LogP contribution in [0.2, 0.25) is 0 Å². The SMILES string of the molecule is CC1(C)S[C@@H]2C(NC(=O)C(NC(=O)c3cn(CC#N)c4cc(F)c(F)cc4c3=O)c3ccccc3)C(=O)N2[C@H]1C(=O)O.